The van der Waals surface area contributed by atoms with E-state index in [1.54, 1.807) is 0 Å². The molecule has 0 saturated heterocycles. The minimum Gasteiger partial charge on any atom is -0.507 e. The molecule has 1 aliphatic carbocycles. The Balaban J connectivity index is 2.31. The van der Waals surface area contributed by atoms with Crippen molar-refractivity contribution in [3.63, 3.8) is 0 Å². The molecule has 0 saturated carbocycles. The van der Waals surface area contributed by atoms with Gasteiger partial charge in [-0.2, -0.15) is 0 Å². The van der Waals surface area contributed by atoms with Crippen LogP contribution < -0.4 is 0 Å². The lowest BCUT2D eigenvalue weighted by molar-refractivity contribution is 0.378. The molecule has 0 spiro atoms. The van der Waals surface area contributed by atoms with Crippen molar-refractivity contribution >= 4 is 0 Å². The summed E-state index contributed by atoms with van der Waals surface area (Å²) in [6.07, 6.45) is 9.68. The summed E-state index contributed by atoms with van der Waals surface area (Å²) in [5, 5.41) is 21.2. The molecular weight excluding hydrogens is 296 g/mol. The van der Waals surface area contributed by atoms with E-state index in [1.807, 2.05) is 12.1 Å². The highest BCUT2D eigenvalue weighted by atomic mass is 16.3. The summed E-state index contributed by atoms with van der Waals surface area (Å²) in [6, 6.07) is 3.70. The van der Waals surface area contributed by atoms with Crippen LogP contribution in [0, 0.1) is 5.92 Å². The zero-order valence-electron chi connectivity index (χ0n) is 15.4. The zero-order chi connectivity index (χ0) is 17.7. The SMILES string of the molecule is C=C(C)C[C@@H]1CCC(C)=C[C@H]1c1c(O)cc(CCCCC)cc1O. The number of rotatable bonds is 7. The van der Waals surface area contributed by atoms with E-state index >= 15 is 0 Å². The van der Waals surface area contributed by atoms with Crippen LogP contribution in [0.4, 0.5) is 0 Å². The smallest absolute Gasteiger partial charge is 0.123 e. The third kappa shape index (κ3) is 4.66. The Morgan fingerprint density at radius 3 is 2.46 bits per heavy atom. The molecule has 132 valence electrons. The monoisotopic (exact) mass is 328 g/mol. The van der Waals surface area contributed by atoms with Gasteiger partial charge < -0.3 is 10.2 Å². The number of allylic oxidation sites excluding steroid dienone is 3. The predicted octanol–water partition coefficient (Wildman–Crippen LogP) is 6.24. The maximum Gasteiger partial charge on any atom is 0.123 e. The van der Waals surface area contributed by atoms with E-state index in [0.29, 0.717) is 11.5 Å². The summed E-state index contributed by atoms with van der Waals surface area (Å²) in [5.41, 5.74) is 4.21. The molecular formula is C22H32O2. The highest BCUT2D eigenvalue weighted by Crippen LogP contribution is 2.46. The lowest BCUT2D eigenvalue weighted by Gasteiger charge is -2.31. The number of aromatic hydroxyl groups is 2. The molecule has 2 atom stereocenters. The van der Waals surface area contributed by atoms with Gasteiger partial charge in [-0.15, -0.1) is 6.58 Å². The summed E-state index contributed by atoms with van der Waals surface area (Å²) in [4.78, 5) is 0. The zero-order valence-corrected chi connectivity index (χ0v) is 15.4. The standard InChI is InChI=1S/C22H32O2/c1-5-6-7-8-17-13-20(23)22(21(24)14-17)19-12-16(4)9-10-18(19)11-15(2)3/h12-14,18-19,23-24H,2,5-11H2,1,3-4H3/t18-,19+/m0/s1. The van der Waals surface area contributed by atoms with Crippen molar-refractivity contribution in [3.05, 3.63) is 47.1 Å². The van der Waals surface area contributed by atoms with Gasteiger partial charge in [-0.3, -0.25) is 0 Å². The van der Waals surface area contributed by atoms with Crippen molar-refractivity contribution in [2.24, 2.45) is 5.92 Å². The fourth-order valence-electron chi connectivity index (χ4n) is 3.86. The molecule has 2 heteroatoms. The average Bonchev–Trinajstić information content (AvgIpc) is 2.49. The quantitative estimate of drug-likeness (QED) is 0.459. The minimum atomic E-state index is 0.0696. The molecule has 1 aromatic rings. The second-order valence-corrected chi connectivity index (χ2v) is 7.50. The topological polar surface area (TPSA) is 40.5 Å². The first kappa shape index (κ1) is 18.6. The summed E-state index contributed by atoms with van der Waals surface area (Å²) in [6.45, 7) is 10.4. The van der Waals surface area contributed by atoms with Crippen LogP contribution in [0.25, 0.3) is 0 Å². The highest BCUT2D eigenvalue weighted by molar-refractivity contribution is 5.51. The first-order valence-electron chi connectivity index (χ1n) is 9.28. The van der Waals surface area contributed by atoms with Gasteiger partial charge in [0.05, 0.1) is 0 Å². The van der Waals surface area contributed by atoms with Crippen molar-refractivity contribution in [3.8, 4) is 11.5 Å². The van der Waals surface area contributed by atoms with Crippen molar-refractivity contribution in [1.29, 1.82) is 0 Å². The molecule has 24 heavy (non-hydrogen) atoms. The van der Waals surface area contributed by atoms with Crippen LogP contribution in [0.3, 0.4) is 0 Å². The van der Waals surface area contributed by atoms with Crippen LogP contribution in [0.15, 0.2) is 35.9 Å². The number of phenolic OH excluding ortho intramolecular Hbond substituents is 2. The number of hydrogen-bond acceptors (Lipinski definition) is 2. The molecule has 2 N–H and O–H groups in total. The highest BCUT2D eigenvalue weighted by Gasteiger charge is 2.29. The van der Waals surface area contributed by atoms with Gasteiger partial charge in [-0.05, 0) is 69.6 Å². The Hall–Kier alpha value is -1.70. The molecule has 0 amide bonds. The van der Waals surface area contributed by atoms with E-state index in [-0.39, 0.29) is 17.4 Å². The van der Waals surface area contributed by atoms with E-state index < -0.39 is 0 Å². The number of benzene rings is 1. The van der Waals surface area contributed by atoms with Gasteiger partial charge in [0.25, 0.3) is 0 Å². The van der Waals surface area contributed by atoms with Crippen molar-refractivity contribution < 1.29 is 10.2 Å². The Bertz CT molecular complexity index is 589. The molecule has 0 aliphatic heterocycles. The van der Waals surface area contributed by atoms with Gasteiger partial charge in [0.15, 0.2) is 0 Å². The first-order chi connectivity index (χ1) is 11.4. The van der Waals surface area contributed by atoms with Crippen LogP contribution in [0.1, 0.15) is 76.3 Å². The Morgan fingerprint density at radius 2 is 1.88 bits per heavy atom. The third-order valence-electron chi connectivity index (χ3n) is 5.09. The Kier molecular flexibility index (Phi) is 6.53. The number of phenols is 2. The Morgan fingerprint density at radius 1 is 1.21 bits per heavy atom. The van der Waals surface area contributed by atoms with E-state index in [1.165, 1.54) is 18.4 Å². The van der Waals surface area contributed by atoms with Crippen molar-refractivity contribution in [2.75, 3.05) is 0 Å². The molecule has 0 unspecified atom stereocenters. The van der Waals surface area contributed by atoms with Gasteiger partial charge in [0.2, 0.25) is 0 Å². The second kappa shape index (κ2) is 8.41. The van der Waals surface area contributed by atoms with Crippen LogP contribution in [-0.4, -0.2) is 10.2 Å². The predicted molar refractivity (Wildman–Crippen MR) is 102 cm³/mol. The van der Waals surface area contributed by atoms with E-state index in [2.05, 4.69) is 33.4 Å². The molecule has 0 aromatic heterocycles. The van der Waals surface area contributed by atoms with Crippen LogP contribution >= 0.6 is 0 Å². The Labute approximate surface area is 146 Å². The minimum absolute atomic E-state index is 0.0696. The van der Waals surface area contributed by atoms with E-state index in [4.69, 9.17) is 0 Å². The first-order valence-corrected chi connectivity index (χ1v) is 9.28. The summed E-state index contributed by atoms with van der Waals surface area (Å²) in [5.74, 6) is 0.947. The van der Waals surface area contributed by atoms with Gasteiger partial charge in [-0.1, -0.05) is 37.0 Å². The molecule has 0 fully saturated rings. The maximum atomic E-state index is 10.6. The summed E-state index contributed by atoms with van der Waals surface area (Å²) < 4.78 is 0. The van der Waals surface area contributed by atoms with Crippen LogP contribution in [0.2, 0.25) is 0 Å². The molecule has 2 rings (SSSR count). The fourth-order valence-corrected chi connectivity index (χ4v) is 3.86. The number of unbranched alkanes of at least 4 members (excludes halogenated alkanes) is 2. The lowest BCUT2D eigenvalue weighted by atomic mass is 9.74. The molecule has 0 radical (unpaired) electrons. The molecule has 0 heterocycles. The molecule has 1 aromatic carbocycles. The van der Waals surface area contributed by atoms with Crippen molar-refractivity contribution in [2.45, 2.75) is 71.6 Å². The lowest BCUT2D eigenvalue weighted by Crippen LogP contribution is -2.17. The maximum absolute atomic E-state index is 10.6. The van der Waals surface area contributed by atoms with Crippen LogP contribution in [0.5, 0.6) is 11.5 Å². The van der Waals surface area contributed by atoms with Gasteiger partial charge in [0.1, 0.15) is 11.5 Å². The fraction of sp³-hybridized carbons (Fsp3) is 0.545. The normalized spacial score (nSPS) is 20.7. The third-order valence-corrected chi connectivity index (χ3v) is 5.09. The number of hydrogen-bond donors (Lipinski definition) is 2. The molecule has 1 aliphatic rings. The van der Waals surface area contributed by atoms with Crippen molar-refractivity contribution in [1.82, 2.24) is 0 Å². The van der Waals surface area contributed by atoms with Gasteiger partial charge >= 0.3 is 0 Å². The van der Waals surface area contributed by atoms with Gasteiger partial charge in [0, 0.05) is 11.5 Å². The molecule has 2 nitrogen and oxygen atoms in total. The average molecular weight is 328 g/mol. The van der Waals surface area contributed by atoms with E-state index in [9.17, 15) is 10.2 Å². The summed E-state index contributed by atoms with van der Waals surface area (Å²) >= 11 is 0. The molecule has 0 bridgehead atoms. The van der Waals surface area contributed by atoms with E-state index in [0.717, 1.165) is 43.2 Å². The number of aryl methyl sites for hydroxylation is 1. The largest absolute Gasteiger partial charge is 0.507 e. The van der Waals surface area contributed by atoms with Gasteiger partial charge in [-0.25, -0.2) is 0 Å². The summed E-state index contributed by atoms with van der Waals surface area (Å²) in [7, 11) is 0. The second-order valence-electron chi connectivity index (χ2n) is 7.50. The van der Waals surface area contributed by atoms with Crippen LogP contribution in [-0.2, 0) is 6.42 Å².